The molecule has 106 valence electrons. The topological polar surface area (TPSA) is 115 Å². The van der Waals surface area contributed by atoms with Gasteiger partial charge in [-0.25, -0.2) is 0 Å². The highest BCUT2D eigenvalue weighted by molar-refractivity contribution is 6.51. The third-order valence-corrected chi connectivity index (χ3v) is 2.96. The van der Waals surface area contributed by atoms with Crippen molar-refractivity contribution in [2.75, 3.05) is 5.32 Å². The maximum Gasteiger partial charge on any atom is 0.203 e. The summed E-state index contributed by atoms with van der Waals surface area (Å²) in [5, 5.41) is 2.83. The van der Waals surface area contributed by atoms with E-state index in [1.165, 1.54) is 6.20 Å². The summed E-state index contributed by atoms with van der Waals surface area (Å²) in [5.74, 6) is -2.20. The Morgan fingerprint density at radius 2 is 1.24 bits per heavy atom. The molecule has 6 heteroatoms. The fourth-order valence-corrected chi connectivity index (χ4v) is 1.87. The average Bonchev–Trinajstić information content (AvgIpc) is 2.49. The second-order valence-electron chi connectivity index (χ2n) is 4.22. The summed E-state index contributed by atoms with van der Waals surface area (Å²) in [7, 11) is 0. The lowest BCUT2D eigenvalue weighted by atomic mass is 9.84. The maximum absolute atomic E-state index is 12.1. The van der Waals surface area contributed by atoms with Gasteiger partial charge in [0.2, 0.25) is 17.3 Å². The van der Waals surface area contributed by atoms with Crippen LogP contribution >= 0.6 is 0 Å². The van der Waals surface area contributed by atoms with Crippen molar-refractivity contribution in [3.05, 3.63) is 65.7 Å². The van der Waals surface area contributed by atoms with Crippen LogP contribution in [-0.2, 0) is 14.4 Å². The van der Waals surface area contributed by atoms with Crippen LogP contribution in [0, 0.1) is 0 Å². The van der Waals surface area contributed by atoms with E-state index in [0.29, 0.717) is 5.69 Å². The number of allylic oxidation sites excluding steroid dienone is 3. The molecule has 5 N–H and O–H groups in total. The van der Waals surface area contributed by atoms with Crippen LogP contribution in [0.5, 0.6) is 0 Å². The van der Waals surface area contributed by atoms with Gasteiger partial charge in [-0.3, -0.25) is 14.4 Å². The van der Waals surface area contributed by atoms with Crippen LogP contribution in [-0.4, -0.2) is 17.3 Å². The van der Waals surface area contributed by atoms with Crippen molar-refractivity contribution in [3.8, 4) is 0 Å². The summed E-state index contributed by atoms with van der Waals surface area (Å²) >= 11 is 0. The van der Waals surface area contributed by atoms with Crippen molar-refractivity contribution in [3.63, 3.8) is 0 Å². The molecule has 1 aromatic rings. The molecule has 0 amide bonds. The first-order chi connectivity index (χ1) is 10.1. The average molecular weight is 283 g/mol. The summed E-state index contributed by atoms with van der Waals surface area (Å²) in [4.78, 5) is 36.0. The number of Topliss-reactive ketones (excluding diaryl/α,β-unsaturated/α-hetero) is 3. The van der Waals surface area contributed by atoms with Crippen LogP contribution in [0.25, 0.3) is 0 Å². The van der Waals surface area contributed by atoms with Gasteiger partial charge in [0.1, 0.15) is 0 Å². The first kappa shape index (κ1) is 14.3. The van der Waals surface area contributed by atoms with Gasteiger partial charge in [-0.2, -0.15) is 0 Å². The molecular weight excluding hydrogens is 270 g/mol. The molecule has 1 fully saturated rings. The Morgan fingerprint density at radius 3 is 1.71 bits per heavy atom. The molecule has 1 saturated carbocycles. The van der Waals surface area contributed by atoms with Gasteiger partial charge < -0.3 is 16.8 Å². The van der Waals surface area contributed by atoms with Crippen LogP contribution in [0.2, 0.25) is 0 Å². The maximum atomic E-state index is 12.1. The normalized spacial score (nSPS) is 21.3. The monoisotopic (exact) mass is 283 g/mol. The van der Waals surface area contributed by atoms with E-state index in [0.717, 1.165) is 12.4 Å². The number of carbonyl (C=O) groups is 3. The molecule has 0 heterocycles. The Bertz CT molecular complexity index is 664. The highest BCUT2D eigenvalue weighted by atomic mass is 16.2. The SMILES string of the molecule is N/C=C1/C(=O)/C(=C\N)C(=O)/C(=C\Nc2ccccc2)C1=O. The van der Waals surface area contributed by atoms with Crippen LogP contribution in [0.3, 0.4) is 0 Å². The number of para-hydroxylation sites is 1. The highest BCUT2D eigenvalue weighted by Gasteiger charge is 2.37. The Balaban J connectivity index is 2.39. The smallest absolute Gasteiger partial charge is 0.203 e. The molecule has 0 aliphatic heterocycles. The molecule has 2 rings (SSSR count). The van der Waals surface area contributed by atoms with Crippen molar-refractivity contribution in [2.45, 2.75) is 0 Å². The Kier molecular flexibility index (Phi) is 3.99. The molecule has 0 atom stereocenters. The lowest BCUT2D eigenvalue weighted by Gasteiger charge is -2.16. The number of nitrogens with two attached hydrogens (primary N) is 2. The fraction of sp³-hybridized carbons (Fsp3) is 0. The Labute approximate surface area is 120 Å². The first-order valence-corrected chi connectivity index (χ1v) is 6.09. The summed E-state index contributed by atoms with van der Waals surface area (Å²) in [5.41, 5.74) is 10.5. The van der Waals surface area contributed by atoms with E-state index in [4.69, 9.17) is 11.5 Å². The van der Waals surface area contributed by atoms with Gasteiger partial charge in [0, 0.05) is 24.3 Å². The third-order valence-electron chi connectivity index (χ3n) is 2.96. The Hall–Kier alpha value is -3.15. The van der Waals surface area contributed by atoms with E-state index < -0.39 is 17.3 Å². The number of hydrogen-bond acceptors (Lipinski definition) is 6. The van der Waals surface area contributed by atoms with Crippen LogP contribution in [0.15, 0.2) is 65.7 Å². The lowest BCUT2D eigenvalue weighted by molar-refractivity contribution is -0.124. The predicted molar refractivity (Wildman–Crippen MR) is 77.7 cm³/mol. The highest BCUT2D eigenvalue weighted by Crippen LogP contribution is 2.22. The standard InChI is InChI=1S/C15H13N3O3/c16-6-10-13(19)11(7-17)15(21)12(14(10)20)8-18-9-4-2-1-3-5-9/h1-8,18H,16-17H2/b10-6-,11-7+,12-8-. The number of ketones is 3. The number of hydrogen-bond donors (Lipinski definition) is 3. The van der Waals surface area contributed by atoms with Crippen LogP contribution in [0.1, 0.15) is 0 Å². The molecule has 1 aliphatic carbocycles. The van der Waals surface area contributed by atoms with Crippen LogP contribution < -0.4 is 16.8 Å². The minimum Gasteiger partial charge on any atom is -0.404 e. The van der Waals surface area contributed by atoms with E-state index in [-0.39, 0.29) is 16.7 Å². The minimum absolute atomic E-state index is 0.188. The van der Waals surface area contributed by atoms with Gasteiger partial charge in [-0.05, 0) is 12.1 Å². The zero-order chi connectivity index (χ0) is 15.4. The Morgan fingerprint density at radius 1 is 0.762 bits per heavy atom. The molecule has 0 unspecified atom stereocenters. The van der Waals surface area contributed by atoms with Gasteiger partial charge in [-0.1, -0.05) is 18.2 Å². The largest absolute Gasteiger partial charge is 0.404 e. The molecule has 0 bridgehead atoms. The quantitative estimate of drug-likeness (QED) is 0.534. The molecule has 1 aliphatic rings. The second-order valence-corrected chi connectivity index (χ2v) is 4.22. The van der Waals surface area contributed by atoms with E-state index in [9.17, 15) is 14.4 Å². The molecule has 0 saturated heterocycles. The van der Waals surface area contributed by atoms with E-state index >= 15 is 0 Å². The van der Waals surface area contributed by atoms with Crippen molar-refractivity contribution >= 4 is 23.0 Å². The van der Waals surface area contributed by atoms with Crippen molar-refractivity contribution < 1.29 is 14.4 Å². The third kappa shape index (κ3) is 2.59. The van der Waals surface area contributed by atoms with Gasteiger partial charge in [0.15, 0.2) is 0 Å². The van der Waals surface area contributed by atoms with Gasteiger partial charge in [0.25, 0.3) is 0 Å². The molecule has 1 aromatic carbocycles. The molecule has 6 nitrogen and oxygen atoms in total. The molecule has 21 heavy (non-hydrogen) atoms. The minimum atomic E-state index is -0.758. The van der Waals surface area contributed by atoms with Gasteiger partial charge in [-0.15, -0.1) is 0 Å². The van der Waals surface area contributed by atoms with Crippen molar-refractivity contribution in [1.82, 2.24) is 0 Å². The molecule has 0 radical (unpaired) electrons. The summed E-state index contributed by atoms with van der Waals surface area (Å²) in [6.45, 7) is 0. The zero-order valence-corrected chi connectivity index (χ0v) is 11.0. The molecule has 0 aromatic heterocycles. The lowest BCUT2D eigenvalue weighted by Crippen LogP contribution is -2.33. The fourth-order valence-electron chi connectivity index (χ4n) is 1.87. The van der Waals surface area contributed by atoms with Gasteiger partial charge >= 0.3 is 0 Å². The van der Waals surface area contributed by atoms with E-state index in [1.54, 1.807) is 24.3 Å². The second kappa shape index (κ2) is 5.87. The van der Waals surface area contributed by atoms with E-state index in [2.05, 4.69) is 5.32 Å². The molecular formula is C15H13N3O3. The molecule has 0 spiro atoms. The summed E-state index contributed by atoms with van der Waals surface area (Å²) < 4.78 is 0. The van der Waals surface area contributed by atoms with Crippen molar-refractivity contribution in [1.29, 1.82) is 0 Å². The summed E-state index contributed by atoms with van der Waals surface area (Å²) in [6, 6.07) is 8.95. The van der Waals surface area contributed by atoms with Crippen molar-refractivity contribution in [2.24, 2.45) is 11.5 Å². The number of carbonyl (C=O) groups excluding carboxylic acids is 3. The number of benzene rings is 1. The van der Waals surface area contributed by atoms with Crippen LogP contribution in [0.4, 0.5) is 5.69 Å². The number of rotatable bonds is 2. The zero-order valence-electron chi connectivity index (χ0n) is 11.0. The number of nitrogens with one attached hydrogen (secondary N) is 1. The van der Waals surface area contributed by atoms with Gasteiger partial charge in [0.05, 0.1) is 16.7 Å². The number of anilines is 1. The predicted octanol–water partition coefficient (Wildman–Crippen LogP) is 0.388. The summed E-state index contributed by atoms with van der Waals surface area (Å²) in [6.07, 6.45) is 3.02. The first-order valence-electron chi connectivity index (χ1n) is 6.09. The van der Waals surface area contributed by atoms with E-state index in [1.807, 2.05) is 6.07 Å².